The highest BCUT2D eigenvalue weighted by molar-refractivity contribution is 6.19. The molecular formula is C32H20N2O. The van der Waals surface area contributed by atoms with Crippen LogP contribution < -0.4 is 0 Å². The summed E-state index contributed by atoms with van der Waals surface area (Å²) in [5, 5.41) is 4.59. The minimum Gasteiger partial charge on any atom is -0.455 e. The van der Waals surface area contributed by atoms with Gasteiger partial charge in [-0.1, -0.05) is 78.9 Å². The minimum absolute atomic E-state index is 0.871. The number of aromatic nitrogens is 2. The molecule has 164 valence electrons. The van der Waals surface area contributed by atoms with Crippen LogP contribution in [-0.4, -0.2) is 9.97 Å². The predicted molar refractivity (Wildman–Crippen MR) is 143 cm³/mol. The van der Waals surface area contributed by atoms with E-state index in [0.717, 1.165) is 55.5 Å². The van der Waals surface area contributed by atoms with Crippen LogP contribution >= 0.6 is 0 Å². The van der Waals surface area contributed by atoms with E-state index in [9.17, 15) is 0 Å². The molecule has 0 fully saturated rings. The lowest BCUT2D eigenvalue weighted by Gasteiger charge is -2.10. The van der Waals surface area contributed by atoms with Crippen molar-refractivity contribution in [3.05, 3.63) is 121 Å². The van der Waals surface area contributed by atoms with E-state index in [-0.39, 0.29) is 0 Å². The number of benzene rings is 4. The maximum absolute atomic E-state index is 6.27. The molecule has 0 atom stereocenters. The van der Waals surface area contributed by atoms with Gasteiger partial charge in [0.15, 0.2) is 0 Å². The van der Waals surface area contributed by atoms with Crippen molar-refractivity contribution in [3.63, 3.8) is 0 Å². The number of fused-ring (bicyclic) bond motifs is 5. The molecule has 0 N–H and O–H groups in total. The lowest BCUT2D eigenvalue weighted by molar-refractivity contribution is 0.672. The monoisotopic (exact) mass is 448 g/mol. The third-order valence-corrected chi connectivity index (χ3v) is 6.55. The summed E-state index contributed by atoms with van der Waals surface area (Å²) in [6.07, 6.45) is 1.79. The van der Waals surface area contributed by atoms with E-state index in [4.69, 9.17) is 9.40 Å². The highest BCUT2D eigenvalue weighted by atomic mass is 16.3. The summed E-state index contributed by atoms with van der Waals surface area (Å²) >= 11 is 0. The Hall–Kier alpha value is -4.76. The van der Waals surface area contributed by atoms with Gasteiger partial charge in [0.1, 0.15) is 11.2 Å². The Morgan fingerprint density at radius 1 is 0.486 bits per heavy atom. The van der Waals surface area contributed by atoms with Crippen molar-refractivity contribution >= 4 is 32.7 Å². The summed E-state index contributed by atoms with van der Waals surface area (Å²) in [4.78, 5) is 9.30. The molecule has 0 aliphatic rings. The van der Waals surface area contributed by atoms with Gasteiger partial charge in [-0.3, -0.25) is 4.98 Å². The molecule has 0 radical (unpaired) electrons. The van der Waals surface area contributed by atoms with Gasteiger partial charge in [0.2, 0.25) is 0 Å². The highest BCUT2D eigenvalue weighted by Crippen LogP contribution is 2.39. The molecule has 35 heavy (non-hydrogen) atoms. The molecule has 0 saturated carbocycles. The zero-order valence-corrected chi connectivity index (χ0v) is 18.8. The molecule has 0 saturated heterocycles. The fourth-order valence-corrected chi connectivity index (χ4v) is 4.86. The molecule has 3 nitrogen and oxygen atoms in total. The van der Waals surface area contributed by atoms with Gasteiger partial charge in [0, 0.05) is 27.9 Å². The SMILES string of the molecule is c1ccc(-c2cccc(-c3ccc(-c4cc5c6ccccc6oc5c5ccccc45)cc3)n2)nc1. The van der Waals surface area contributed by atoms with Crippen molar-refractivity contribution in [3.8, 4) is 33.8 Å². The molecule has 4 aromatic carbocycles. The maximum Gasteiger partial charge on any atom is 0.143 e. The Labute approximate surface area is 202 Å². The number of para-hydroxylation sites is 1. The van der Waals surface area contributed by atoms with E-state index in [0.29, 0.717) is 0 Å². The van der Waals surface area contributed by atoms with Crippen molar-refractivity contribution in [2.75, 3.05) is 0 Å². The third kappa shape index (κ3) is 3.29. The minimum atomic E-state index is 0.871. The molecule has 0 spiro atoms. The first-order valence-electron chi connectivity index (χ1n) is 11.7. The summed E-state index contributed by atoms with van der Waals surface area (Å²) in [5.41, 5.74) is 7.97. The van der Waals surface area contributed by atoms with E-state index in [2.05, 4.69) is 71.7 Å². The Kier molecular flexibility index (Phi) is 4.46. The van der Waals surface area contributed by atoms with Crippen molar-refractivity contribution in [2.24, 2.45) is 0 Å². The lowest BCUT2D eigenvalue weighted by atomic mass is 9.94. The topological polar surface area (TPSA) is 38.9 Å². The van der Waals surface area contributed by atoms with Crippen LogP contribution in [0.2, 0.25) is 0 Å². The standard InChI is InChI=1S/C32H20N2O/c1-2-10-25-23(8-1)26(20-27-24-9-3-4-14-31(24)35-32(25)27)21-15-17-22(18-16-21)28-12-7-13-30(34-28)29-11-5-6-19-33-29/h1-20H. The van der Waals surface area contributed by atoms with Gasteiger partial charge in [-0.05, 0) is 52.9 Å². The third-order valence-electron chi connectivity index (χ3n) is 6.55. The fraction of sp³-hybridized carbons (Fsp3) is 0. The molecule has 3 heteroatoms. The first-order valence-corrected chi connectivity index (χ1v) is 11.7. The maximum atomic E-state index is 6.27. The number of pyridine rings is 2. The largest absolute Gasteiger partial charge is 0.455 e. The first kappa shape index (κ1) is 19.7. The van der Waals surface area contributed by atoms with Gasteiger partial charge in [-0.2, -0.15) is 0 Å². The van der Waals surface area contributed by atoms with Gasteiger partial charge < -0.3 is 4.42 Å². The Morgan fingerprint density at radius 3 is 2.00 bits per heavy atom. The average Bonchev–Trinajstić information content (AvgIpc) is 3.32. The molecule has 0 amide bonds. The normalized spacial score (nSPS) is 11.4. The van der Waals surface area contributed by atoms with Crippen molar-refractivity contribution in [1.29, 1.82) is 0 Å². The predicted octanol–water partition coefficient (Wildman–Crippen LogP) is 8.53. The number of furan rings is 1. The smallest absolute Gasteiger partial charge is 0.143 e. The fourth-order valence-electron chi connectivity index (χ4n) is 4.86. The zero-order valence-electron chi connectivity index (χ0n) is 18.8. The second-order valence-electron chi connectivity index (χ2n) is 8.65. The summed E-state index contributed by atoms with van der Waals surface area (Å²) in [6.45, 7) is 0. The van der Waals surface area contributed by atoms with Gasteiger partial charge >= 0.3 is 0 Å². The molecule has 7 aromatic rings. The summed E-state index contributed by atoms with van der Waals surface area (Å²) < 4.78 is 6.27. The zero-order chi connectivity index (χ0) is 23.2. The van der Waals surface area contributed by atoms with Gasteiger partial charge in [-0.15, -0.1) is 0 Å². The molecule has 3 heterocycles. The Morgan fingerprint density at radius 2 is 1.17 bits per heavy atom. The van der Waals surface area contributed by atoms with Crippen LogP contribution in [0.25, 0.3) is 66.5 Å². The van der Waals surface area contributed by atoms with Crippen LogP contribution in [0.4, 0.5) is 0 Å². The van der Waals surface area contributed by atoms with E-state index in [1.54, 1.807) is 6.20 Å². The van der Waals surface area contributed by atoms with E-state index < -0.39 is 0 Å². The Balaban J connectivity index is 1.36. The van der Waals surface area contributed by atoms with Crippen LogP contribution in [-0.2, 0) is 0 Å². The van der Waals surface area contributed by atoms with Crippen LogP contribution in [0, 0.1) is 0 Å². The number of rotatable bonds is 3. The summed E-state index contributed by atoms with van der Waals surface area (Å²) in [6, 6.07) is 39.6. The van der Waals surface area contributed by atoms with Crippen molar-refractivity contribution < 1.29 is 4.42 Å². The average molecular weight is 449 g/mol. The second kappa shape index (κ2) is 7.93. The molecule has 0 aliphatic carbocycles. The Bertz CT molecular complexity index is 1830. The molecule has 3 aromatic heterocycles. The number of hydrogen-bond acceptors (Lipinski definition) is 3. The van der Waals surface area contributed by atoms with E-state index in [1.807, 2.05) is 48.5 Å². The second-order valence-corrected chi connectivity index (χ2v) is 8.65. The van der Waals surface area contributed by atoms with Crippen LogP contribution in [0.5, 0.6) is 0 Å². The molecule has 0 aliphatic heterocycles. The van der Waals surface area contributed by atoms with Gasteiger partial charge in [-0.25, -0.2) is 4.98 Å². The van der Waals surface area contributed by atoms with Gasteiger partial charge in [0.05, 0.1) is 17.1 Å². The lowest BCUT2D eigenvalue weighted by Crippen LogP contribution is -1.90. The molecule has 0 bridgehead atoms. The molecule has 0 unspecified atom stereocenters. The first-order chi connectivity index (χ1) is 17.3. The quantitative estimate of drug-likeness (QED) is 0.272. The number of hydrogen-bond donors (Lipinski definition) is 0. The summed E-state index contributed by atoms with van der Waals surface area (Å²) in [5.74, 6) is 0. The van der Waals surface area contributed by atoms with Gasteiger partial charge in [0.25, 0.3) is 0 Å². The van der Waals surface area contributed by atoms with E-state index >= 15 is 0 Å². The van der Waals surface area contributed by atoms with Crippen LogP contribution in [0.15, 0.2) is 126 Å². The van der Waals surface area contributed by atoms with Crippen molar-refractivity contribution in [1.82, 2.24) is 9.97 Å². The van der Waals surface area contributed by atoms with E-state index in [1.165, 1.54) is 10.9 Å². The highest BCUT2D eigenvalue weighted by Gasteiger charge is 2.14. The van der Waals surface area contributed by atoms with Crippen molar-refractivity contribution in [2.45, 2.75) is 0 Å². The van der Waals surface area contributed by atoms with Crippen LogP contribution in [0.1, 0.15) is 0 Å². The number of nitrogens with zero attached hydrogens (tertiary/aromatic N) is 2. The van der Waals surface area contributed by atoms with Crippen LogP contribution in [0.3, 0.4) is 0 Å². The molecular weight excluding hydrogens is 428 g/mol. The summed E-state index contributed by atoms with van der Waals surface area (Å²) in [7, 11) is 0. The molecule has 7 rings (SSSR count).